The number of halogens is 1. The fourth-order valence-electron chi connectivity index (χ4n) is 3.51. The van der Waals surface area contributed by atoms with Gasteiger partial charge >= 0.3 is 0 Å². The lowest BCUT2D eigenvalue weighted by Gasteiger charge is -2.19. The molecule has 6 nitrogen and oxygen atoms in total. The van der Waals surface area contributed by atoms with E-state index in [0.29, 0.717) is 34.6 Å². The summed E-state index contributed by atoms with van der Waals surface area (Å²) in [5.41, 5.74) is 4.14. The number of carbonyl (C=O) groups is 2. The molecule has 1 unspecified atom stereocenters. The first-order valence-corrected chi connectivity index (χ1v) is 10.4. The third-order valence-corrected chi connectivity index (χ3v) is 5.76. The highest BCUT2D eigenvalue weighted by Crippen LogP contribution is 2.34. The number of anilines is 1. The average Bonchev–Trinajstić information content (AvgIpc) is 3.14. The van der Waals surface area contributed by atoms with E-state index < -0.39 is 5.82 Å². The van der Waals surface area contributed by atoms with Gasteiger partial charge in [-0.25, -0.2) is 4.39 Å². The molecule has 1 atom stereocenters. The molecule has 0 saturated carbocycles. The molecule has 1 aliphatic heterocycles. The maximum Gasteiger partial charge on any atom is 0.256 e. The molecule has 2 amide bonds. The number of rotatable bonds is 7. The highest BCUT2D eigenvalue weighted by Gasteiger charge is 2.26. The van der Waals surface area contributed by atoms with Gasteiger partial charge in [0.15, 0.2) is 0 Å². The molecule has 0 bridgehead atoms. The van der Waals surface area contributed by atoms with Gasteiger partial charge < -0.3 is 15.6 Å². The van der Waals surface area contributed by atoms with E-state index in [4.69, 9.17) is 0 Å². The van der Waals surface area contributed by atoms with E-state index in [-0.39, 0.29) is 17.2 Å². The summed E-state index contributed by atoms with van der Waals surface area (Å²) < 4.78 is 13.7. The summed E-state index contributed by atoms with van der Waals surface area (Å²) in [4.78, 5) is 30.3. The van der Waals surface area contributed by atoms with Crippen LogP contribution in [0.25, 0.3) is 11.6 Å². The first-order valence-electron chi connectivity index (χ1n) is 9.87. The molecule has 0 spiro atoms. The molecule has 2 heterocycles. The highest BCUT2D eigenvalue weighted by molar-refractivity contribution is 7.80. The zero-order chi connectivity index (χ0) is 22.0. The summed E-state index contributed by atoms with van der Waals surface area (Å²) >= 11 is 4.38. The minimum absolute atomic E-state index is 0.158. The maximum atomic E-state index is 13.7. The van der Waals surface area contributed by atoms with Crippen LogP contribution in [0.3, 0.4) is 0 Å². The summed E-state index contributed by atoms with van der Waals surface area (Å²) in [7, 11) is 1.99. The monoisotopic (exact) mass is 430 g/mol. The molecule has 0 aliphatic carbocycles. The number of H-pyrrole nitrogens is 1. The van der Waals surface area contributed by atoms with Crippen molar-refractivity contribution in [2.75, 3.05) is 25.5 Å². The molecule has 160 valence electrons. The molecule has 0 saturated heterocycles. The number of hydrogen-bond acceptors (Lipinski definition) is 4. The first-order chi connectivity index (χ1) is 14.2. The van der Waals surface area contributed by atoms with Crippen molar-refractivity contribution in [3.8, 4) is 0 Å². The number of carbonyl (C=O) groups excluding carboxylic acids is 2. The van der Waals surface area contributed by atoms with Crippen LogP contribution in [0.4, 0.5) is 10.1 Å². The number of aromatic amines is 1. The SMILES string of the molecule is Cc1[nH]c(/C=C2\C(=O)Nc3ccc(F)cc32)c(C)c1C(=O)NCCCN(C)C(C)S. The molecule has 0 radical (unpaired) electrons. The third-order valence-electron chi connectivity index (χ3n) is 5.37. The van der Waals surface area contributed by atoms with Crippen LogP contribution in [0, 0.1) is 19.7 Å². The standard InChI is InChI=1S/C22H27FN4O2S/c1-12-19(11-17-16-10-15(23)6-7-18(16)26-21(17)28)25-13(2)20(12)22(29)24-8-5-9-27(4)14(3)30/h6-7,10-11,14,25,30H,5,8-9H2,1-4H3,(H,24,29)(H,26,28)/b17-11-. The van der Waals surface area contributed by atoms with Crippen LogP contribution in [0.1, 0.15) is 46.2 Å². The van der Waals surface area contributed by atoms with Crippen LogP contribution in [0.15, 0.2) is 18.2 Å². The van der Waals surface area contributed by atoms with Gasteiger partial charge in [0.25, 0.3) is 11.8 Å². The molecule has 1 aromatic heterocycles. The fraction of sp³-hybridized carbons (Fsp3) is 0.364. The molecule has 30 heavy (non-hydrogen) atoms. The molecule has 8 heteroatoms. The van der Waals surface area contributed by atoms with E-state index in [1.807, 2.05) is 27.8 Å². The fourth-order valence-corrected chi connectivity index (χ4v) is 3.63. The van der Waals surface area contributed by atoms with Crippen molar-refractivity contribution in [3.05, 3.63) is 52.1 Å². The number of benzene rings is 1. The van der Waals surface area contributed by atoms with Crippen LogP contribution in [0.2, 0.25) is 0 Å². The van der Waals surface area contributed by atoms with Gasteiger partial charge in [0.1, 0.15) is 5.82 Å². The molecule has 2 aromatic rings. The molecular formula is C22H27FN4O2S. The number of nitrogens with zero attached hydrogens (tertiary/aromatic N) is 1. The number of nitrogens with one attached hydrogen (secondary N) is 3. The van der Waals surface area contributed by atoms with Crippen molar-refractivity contribution < 1.29 is 14.0 Å². The normalized spacial score (nSPS) is 15.4. The van der Waals surface area contributed by atoms with Gasteiger partial charge in [-0.2, -0.15) is 12.6 Å². The van der Waals surface area contributed by atoms with E-state index >= 15 is 0 Å². The van der Waals surface area contributed by atoms with Crippen LogP contribution in [-0.2, 0) is 4.79 Å². The summed E-state index contributed by atoms with van der Waals surface area (Å²) in [5.74, 6) is -0.862. The van der Waals surface area contributed by atoms with Crippen LogP contribution < -0.4 is 10.6 Å². The predicted molar refractivity (Wildman–Crippen MR) is 121 cm³/mol. The van der Waals surface area contributed by atoms with Crippen molar-refractivity contribution in [3.63, 3.8) is 0 Å². The number of fused-ring (bicyclic) bond motifs is 1. The predicted octanol–water partition coefficient (Wildman–Crippen LogP) is 3.59. The van der Waals surface area contributed by atoms with Gasteiger partial charge in [-0.3, -0.25) is 14.5 Å². The maximum absolute atomic E-state index is 13.7. The molecule has 3 rings (SSSR count). The lowest BCUT2D eigenvalue weighted by molar-refractivity contribution is -0.110. The number of hydrogen-bond donors (Lipinski definition) is 4. The van der Waals surface area contributed by atoms with Gasteiger partial charge in [-0.05, 0) is 64.1 Å². The summed E-state index contributed by atoms with van der Waals surface area (Å²) in [6, 6.07) is 4.19. The van der Waals surface area contributed by atoms with Gasteiger partial charge in [-0.1, -0.05) is 0 Å². The Hall–Kier alpha value is -2.58. The second-order valence-electron chi connectivity index (χ2n) is 7.59. The van der Waals surface area contributed by atoms with Gasteiger partial charge in [0.2, 0.25) is 0 Å². The lowest BCUT2D eigenvalue weighted by atomic mass is 10.0. The molecule has 0 fully saturated rings. The Morgan fingerprint density at radius 1 is 1.37 bits per heavy atom. The van der Waals surface area contributed by atoms with Crippen LogP contribution >= 0.6 is 12.6 Å². The zero-order valence-corrected chi connectivity index (χ0v) is 18.5. The van der Waals surface area contributed by atoms with Crippen LogP contribution in [-0.4, -0.2) is 47.2 Å². The topological polar surface area (TPSA) is 77.2 Å². The summed E-state index contributed by atoms with van der Waals surface area (Å²) in [5, 5.41) is 5.85. The second-order valence-corrected chi connectivity index (χ2v) is 8.33. The largest absolute Gasteiger partial charge is 0.358 e. The Balaban J connectivity index is 1.77. The van der Waals surface area contributed by atoms with Crippen molar-refractivity contribution in [1.82, 2.24) is 15.2 Å². The van der Waals surface area contributed by atoms with E-state index in [0.717, 1.165) is 24.2 Å². The molecule has 1 aromatic carbocycles. The van der Waals surface area contributed by atoms with Crippen molar-refractivity contribution in [1.29, 1.82) is 0 Å². The lowest BCUT2D eigenvalue weighted by Crippen LogP contribution is -2.30. The zero-order valence-electron chi connectivity index (χ0n) is 17.6. The molecule has 3 N–H and O–H groups in total. The van der Waals surface area contributed by atoms with Gasteiger partial charge in [0.05, 0.1) is 11.1 Å². The molecular weight excluding hydrogens is 403 g/mol. The van der Waals surface area contributed by atoms with E-state index in [9.17, 15) is 14.0 Å². The number of thiol groups is 1. The molecule has 1 aliphatic rings. The number of aryl methyl sites for hydroxylation is 1. The Morgan fingerprint density at radius 2 is 2.10 bits per heavy atom. The van der Waals surface area contributed by atoms with E-state index in [1.54, 1.807) is 12.1 Å². The van der Waals surface area contributed by atoms with Gasteiger partial charge in [0, 0.05) is 41.1 Å². The van der Waals surface area contributed by atoms with E-state index in [2.05, 4.69) is 33.1 Å². The number of amides is 2. The van der Waals surface area contributed by atoms with Crippen molar-refractivity contribution in [2.24, 2.45) is 0 Å². The minimum atomic E-state index is -0.409. The summed E-state index contributed by atoms with van der Waals surface area (Å²) in [6.07, 6.45) is 2.48. The quantitative estimate of drug-likeness (QED) is 0.235. The Bertz CT molecular complexity index is 1010. The number of aromatic nitrogens is 1. The third kappa shape index (κ3) is 4.60. The Morgan fingerprint density at radius 3 is 2.80 bits per heavy atom. The van der Waals surface area contributed by atoms with Crippen molar-refractivity contribution in [2.45, 2.75) is 32.6 Å². The van der Waals surface area contributed by atoms with E-state index in [1.165, 1.54) is 12.1 Å². The summed E-state index contributed by atoms with van der Waals surface area (Å²) in [6.45, 7) is 7.04. The van der Waals surface area contributed by atoms with Crippen LogP contribution in [0.5, 0.6) is 0 Å². The minimum Gasteiger partial charge on any atom is -0.358 e. The Labute approximate surface area is 181 Å². The highest BCUT2D eigenvalue weighted by atomic mass is 32.1. The second kappa shape index (κ2) is 9.06. The smallest absolute Gasteiger partial charge is 0.256 e. The van der Waals surface area contributed by atoms with Gasteiger partial charge in [-0.15, -0.1) is 0 Å². The first kappa shape index (κ1) is 22.1. The Kier molecular flexibility index (Phi) is 6.67. The average molecular weight is 431 g/mol. The van der Waals surface area contributed by atoms with Crippen molar-refractivity contribution >= 4 is 41.8 Å².